The van der Waals surface area contributed by atoms with E-state index in [-0.39, 0.29) is 16.7 Å². The van der Waals surface area contributed by atoms with E-state index in [1.54, 1.807) is 19.1 Å². The maximum absolute atomic E-state index is 11.7. The zero-order valence-corrected chi connectivity index (χ0v) is 11.7. The number of primary sulfonamides is 1. The second kappa shape index (κ2) is 5.16. The Balaban J connectivity index is 1.99. The van der Waals surface area contributed by atoms with E-state index in [2.05, 4.69) is 5.32 Å². The molecule has 0 aliphatic carbocycles. The van der Waals surface area contributed by atoms with E-state index < -0.39 is 10.0 Å². The Labute approximate surface area is 114 Å². The standard InChI is InChI=1S/C11H12N2O4S2/c1-7-4-8(6-17-7)11(14)13-5-9-2-3-10(18-9)19(12,15)16/h2-4,6H,5H2,1H3,(H,13,14)(H2,12,15,16). The Morgan fingerprint density at radius 2 is 2.21 bits per heavy atom. The molecule has 6 nitrogen and oxygen atoms in total. The van der Waals surface area contributed by atoms with Crippen LogP contribution >= 0.6 is 11.3 Å². The highest BCUT2D eigenvalue weighted by Crippen LogP contribution is 2.20. The average Bonchev–Trinajstić information content (AvgIpc) is 2.93. The van der Waals surface area contributed by atoms with E-state index in [0.717, 1.165) is 11.3 Å². The van der Waals surface area contributed by atoms with Crippen molar-refractivity contribution in [3.63, 3.8) is 0 Å². The van der Waals surface area contributed by atoms with Gasteiger partial charge < -0.3 is 9.73 Å². The van der Waals surface area contributed by atoms with Gasteiger partial charge >= 0.3 is 0 Å². The first-order valence-corrected chi connectivity index (χ1v) is 7.67. The van der Waals surface area contributed by atoms with Crippen LogP contribution in [-0.4, -0.2) is 14.3 Å². The Bertz CT molecular complexity index is 700. The van der Waals surface area contributed by atoms with Gasteiger partial charge in [0.05, 0.1) is 12.1 Å². The normalized spacial score (nSPS) is 11.5. The third kappa shape index (κ3) is 3.43. The molecule has 0 aliphatic rings. The lowest BCUT2D eigenvalue weighted by molar-refractivity contribution is 0.0950. The van der Waals surface area contributed by atoms with E-state index in [1.807, 2.05) is 0 Å². The molecule has 1 amide bonds. The molecule has 0 saturated carbocycles. The lowest BCUT2D eigenvalue weighted by atomic mass is 10.3. The van der Waals surface area contributed by atoms with Crippen LogP contribution in [0, 0.1) is 6.92 Å². The third-order valence-corrected chi connectivity index (χ3v) is 4.86. The van der Waals surface area contributed by atoms with Crippen molar-refractivity contribution in [1.82, 2.24) is 5.32 Å². The first-order chi connectivity index (χ1) is 8.86. The van der Waals surface area contributed by atoms with Crippen LogP contribution in [0.4, 0.5) is 0 Å². The minimum atomic E-state index is -3.68. The van der Waals surface area contributed by atoms with Gasteiger partial charge in [-0.25, -0.2) is 13.6 Å². The van der Waals surface area contributed by atoms with Crippen molar-refractivity contribution in [2.75, 3.05) is 0 Å². The molecule has 2 heterocycles. The van der Waals surface area contributed by atoms with Crippen LogP contribution in [-0.2, 0) is 16.6 Å². The highest BCUT2D eigenvalue weighted by Gasteiger charge is 2.12. The van der Waals surface area contributed by atoms with E-state index >= 15 is 0 Å². The van der Waals surface area contributed by atoms with Gasteiger partial charge in [0.15, 0.2) is 0 Å². The van der Waals surface area contributed by atoms with Gasteiger partial charge in [-0.3, -0.25) is 4.79 Å². The highest BCUT2D eigenvalue weighted by molar-refractivity contribution is 7.91. The summed E-state index contributed by atoms with van der Waals surface area (Å²) >= 11 is 1.03. The highest BCUT2D eigenvalue weighted by atomic mass is 32.2. The minimum Gasteiger partial charge on any atom is -0.469 e. The second-order valence-corrected chi connectivity index (χ2v) is 6.85. The van der Waals surface area contributed by atoms with Crippen LogP contribution in [0.25, 0.3) is 0 Å². The molecular weight excluding hydrogens is 288 g/mol. The number of carbonyl (C=O) groups is 1. The van der Waals surface area contributed by atoms with E-state index in [0.29, 0.717) is 16.2 Å². The van der Waals surface area contributed by atoms with Crippen LogP contribution in [0.5, 0.6) is 0 Å². The average molecular weight is 300 g/mol. The van der Waals surface area contributed by atoms with E-state index in [1.165, 1.54) is 12.3 Å². The third-order valence-electron chi connectivity index (χ3n) is 2.33. The van der Waals surface area contributed by atoms with Gasteiger partial charge in [0, 0.05) is 4.88 Å². The van der Waals surface area contributed by atoms with Crippen molar-refractivity contribution in [3.05, 3.63) is 40.7 Å². The molecular formula is C11H12N2O4S2. The Kier molecular flexibility index (Phi) is 3.74. The number of nitrogens with two attached hydrogens (primary N) is 1. The summed E-state index contributed by atoms with van der Waals surface area (Å²) in [6.07, 6.45) is 1.37. The number of amides is 1. The molecule has 0 saturated heterocycles. The Hall–Kier alpha value is -1.64. The van der Waals surface area contributed by atoms with Crippen molar-refractivity contribution in [3.8, 4) is 0 Å². The van der Waals surface area contributed by atoms with Crippen molar-refractivity contribution in [1.29, 1.82) is 0 Å². The summed E-state index contributed by atoms with van der Waals surface area (Å²) in [5, 5.41) is 7.67. The van der Waals surface area contributed by atoms with Crippen LogP contribution < -0.4 is 10.5 Å². The molecule has 0 fully saturated rings. The van der Waals surface area contributed by atoms with Crippen molar-refractivity contribution in [2.24, 2.45) is 5.14 Å². The number of nitrogens with one attached hydrogen (secondary N) is 1. The Morgan fingerprint density at radius 3 is 2.74 bits per heavy atom. The molecule has 102 valence electrons. The van der Waals surface area contributed by atoms with Gasteiger partial charge in [-0.15, -0.1) is 11.3 Å². The van der Waals surface area contributed by atoms with Crippen molar-refractivity contribution < 1.29 is 17.6 Å². The van der Waals surface area contributed by atoms with Gasteiger partial charge in [-0.1, -0.05) is 0 Å². The number of furan rings is 1. The first kappa shape index (κ1) is 13.8. The van der Waals surface area contributed by atoms with Gasteiger partial charge in [-0.2, -0.15) is 0 Å². The fraction of sp³-hybridized carbons (Fsp3) is 0.182. The monoisotopic (exact) mass is 300 g/mol. The zero-order valence-electron chi connectivity index (χ0n) is 10.0. The largest absolute Gasteiger partial charge is 0.469 e. The molecule has 2 aromatic heterocycles. The predicted molar refractivity (Wildman–Crippen MR) is 70.3 cm³/mol. The summed E-state index contributed by atoms with van der Waals surface area (Å²) in [7, 11) is -3.68. The molecule has 0 aliphatic heterocycles. The Morgan fingerprint density at radius 1 is 1.47 bits per heavy atom. The molecule has 3 N–H and O–H groups in total. The molecule has 0 unspecified atom stereocenters. The molecule has 8 heteroatoms. The van der Waals surface area contributed by atoms with Crippen molar-refractivity contribution >= 4 is 27.3 Å². The summed E-state index contributed by atoms with van der Waals surface area (Å²) in [5.74, 6) is 0.375. The number of aryl methyl sites for hydroxylation is 1. The van der Waals surface area contributed by atoms with E-state index in [4.69, 9.17) is 9.56 Å². The van der Waals surface area contributed by atoms with E-state index in [9.17, 15) is 13.2 Å². The second-order valence-electron chi connectivity index (χ2n) is 3.89. The molecule has 2 aromatic rings. The fourth-order valence-corrected chi connectivity index (χ4v) is 3.16. The molecule has 0 spiro atoms. The van der Waals surface area contributed by atoms with Gasteiger partial charge in [0.1, 0.15) is 16.2 Å². The predicted octanol–water partition coefficient (Wildman–Crippen LogP) is 1.23. The van der Waals surface area contributed by atoms with Crippen LogP contribution in [0.15, 0.2) is 33.1 Å². The summed E-state index contributed by atoms with van der Waals surface area (Å²) < 4.78 is 27.3. The minimum absolute atomic E-state index is 0.0795. The lowest BCUT2D eigenvalue weighted by Crippen LogP contribution is -2.21. The summed E-state index contributed by atoms with van der Waals surface area (Å²) in [6.45, 7) is 1.98. The summed E-state index contributed by atoms with van der Waals surface area (Å²) in [5.41, 5.74) is 0.431. The smallest absolute Gasteiger partial charge is 0.254 e. The van der Waals surface area contributed by atoms with Gasteiger partial charge in [0.25, 0.3) is 5.91 Å². The van der Waals surface area contributed by atoms with Gasteiger partial charge in [0.2, 0.25) is 10.0 Å². The number of sulfonamides is 1. The van der Waals surface area contributed by atoms with Crippen LogP contribution in [0.3, 0.4) is 0 Å². The molecule has 0 bridgehead atoms. The summed E-state index contributed by atoms with van der Waals surface area (Å²) in [4.78, 5) is 12.4. The molecule has 0 aromatic carbocycles. The lowest BCUT2D eigenvalue weighted by Gasteiger charge is -2.00. The number of thiophene rings is 1. The molecule has 0 atom stereocenters. The summed E-state index contributed by atoms with van der Waals surface area (Å²) in [6, 6.07) is 4.66. The van der Waals surface area contributed by atoms with Crippen molar-refractivity contribution in [2.45, 2.75) is 17.7 Å². The SMILES string of the molecule is Cc1cc(C(=O)NCc2ccc(S(N)(=O)=O)s2)co1. The number of hydrogen-bond acceptors (Lipinski definition) is 5. The zero-order chi connectivity index (χ0) is 14.0. The number of hydrogen-bond donors (Lipinski definition) is 2. The maximum atomic E-state index is 11.7. The quantitative estimate of drug-likeness (QED) is 0.886. The maximum Gasteiger partial charge on any atom is 0.254 e. The number of carbonyl (C=O) groups excluding carboxylic acids is 1. The molecule has 2 rings (SSSR count). The molecule has 0 radical (unpaired) electrons. The van der Waals surface area contributed by atoms with Gasteiger partial charge in [-0.05, 0) is 25.1 Å². The van der Waals surface area contributed by atoms with Crippen LogP contribution in [0.2, 0.25) is 0 Å². The fourth-order valence-electron chi connectivity index (χ4n) is 1.44. The number of rotatable bonds is 4. The topological polar surface area (TPSA) is 102 Å². The van der Waals surface area contributed by atoms with Crippen LogP contribution in [0.1, 0.15) is 21.0 Å². The molecule has 19 heavy (non-hydrogen) atoms. The first-order valence-electron chi connectivity index (χ1n) is 5.31.